The molecule has 0 aliphatic carbocycles. The lowest BCUT2D eigenvalue weighted by Crippen LogP contribution is -2.31. The Bertz CT molecular complexity index is 808. The number of nitrogens with one attached hydrogen (secondary N) is 1. The molecule has 0 bridgehead atoms. The minimum absolute atomic E-state index is 0.308. The number of aryl methyl sites for hydroxylation is 2. The molecule has 0 aromatic heterocycles. The first-order valence-electron chi connectivity index (χ1n) is 8.08. The highest BCUT2D eigenvalue weighted by molar-refractivity contribution is 5.99. The van der Waals surface area contributed by atoms with Crippen LogP contribution < -0.4 is 10.1 Å². The van der Waals surface area contributed by atoms with Gasteiger partial charge >= 0.3 is 5.97 Å². The quantitative estimate of drug-likeness (QED) is 0.609. The van der Waals surface area contributed by atoms with Crippen LogP contribution in [0.25, 0.3) is 0 Å². The highest BCUT2D eigenvalue weighted by atomic mass is 16.5. The number of carbonyl (C=O) groups is 3. The van der Waals surface area contributed by atoms with Gasteiger partial charge in [0.25, 0.3) is 5.91 Å². The van der Waals surface area contributed by atoms with E-state index in [0.29, 0.717) is 16.9 Å². The molecule has 0 unspecified atom stereocenters. The third-order valence-corrected chi connectivity index (χ3v) is 3.63. The number of methoxy groups -OCH3 is 1. The lowest BCUT2D eigenvalue weighted by Gasteiger charge is -2.08. The van der Waals surface area contributed by atoms with Gasteiger partial charge in [-0.3, -0.25) is 14.4 Å². The molecule has 0 saturated carbocycles. The average molecular weight is 355 g/mol. The predicted octanol–water partition coefficient (Wildman–Crippen LogP) is 2.47. The molecule has 0 radical (unpaired) electrons. The first kappa shape index (κ1) is 19.2. The number of esters is 1. The SMILES string of the molecule is COc1cccc(C(=O)COC(=O)CNC(=O)c2cc(C)cc(C)c2)c1. The average Bonchev–Trinajstić information content (AvgIpc) is 2.63. The van der Waals surface area contributed by atoms with Crippen LogP contribution in [0.3, 0.4) is 0 Å². The second kappa shape index (κ2) is 8.80. The predicted molar refractivity (Wildman–Crippen MR) is 96.5 cm³/mol. The highest BCUT2D eigenvalue weighted by Crippen LogP contribution is 2.13. The van der Waals surface area contributed by atoms with Gasteiger partial charge in [-0.05, 0) is 38.1 Å². The molecular weight excluding hydrogens is 334 g/mol. The standard InChI is InChI=1S/C20H21NO5/c1-13-7-14(2)9-16(8-13)20(24)21-11-19(23)26-12-18(22)15-5-4-6-17(10-15)25-3/h4-10H,11-12H2,1-3H3,(H,21,24). The molecule has 2 aromatic carbocycles. The Labute approximate surface area is 152 Å². The number of amides is 1. The van der Waals surface area contributed by atoms with Gasteiger partial charge in [-0.2, -0.15) is 0 Å². The topological polar surface area (TPSA) is 81.7 Å². The van der Waals surface area contributed by atoms with Crippen molar-refractivity contribution in [2.45, 2.75) is 13.8 Å². The van der Waals surface area contributed by atoms with Gasteiger partial charge in [0.2, 0.25) is 0 Å². The minimum Gasteiger partial charge on any atom is -0.497 e. The van der Waals surface area contributed by atoms with E-state index in [1.807, 2.05) is 19.9 Å². The van der Waals surface area contributed by atoms with E-state index in [0.717, 1.165) is 11.1 Å². The summed E-state index contributed by atoms with van der Waals surface area (Å²) in [6.45, 7) is 3.08. The van der Waals surface area contributed by atoms with E-state index >= 15 is 0 Å². The number of rotatable bonds is 7. The van der Waals surface area contributed by atoms with Gasteiger partial charge in [-0.15, -0.1) is 0 Å². The van der Waals surface area contributed by atoms with Crippen molar-refractivity contribution in [2.24, 2.45) is 0 Å². The Morgan fingerprint density at radius 2 is 1.65 bits per heavy atom. The molecule has 0 aliphatic rings. The van der Waals surface area contributed by atoms with Crippen molar-refractivity contribution in [3.8, 4) is 5.75 Å². The van der Waals surface area contributed by atoms with E-state index in [-0.39, 0.29) is 18.2 Å². The summed E-state index contributed by atoms with van der Waals surface area (Å²) in [5, 5.41) is 2.49. The Morgan fingerprint density at radius 1 is 0.962 bits per heavy atom. The van der Waals surface area contributed by atoms with Crippen LogP contribution in [0.4, 0.5) is 0 Å². The van der Waals surface area contributed by atoms with Crippen molar-refractivity contribution in [2.75, 3.05) is 20.3 Å². The van der Waals surface area contributed by atoms with Gasteiger partial charge in [-0.1, -0.05) is 29.3 Å². The molecule has 0 atom stereocenters. The van der Waals surface area contributed by atoms with Crippen LogP contribution in [0.15, 0.2) is 42.5 Å². The van der Waals surface area contributed by atoms with Crippen molar-refractivity contribution in [1.29, 1.82) is 0 Å². The van der Waals surface area contributed by atoms with Gasteiger partial charge in [0.15, 0.2) is 12.4 Å². The van der Waals surface area contributed by atoms with E-state index in [4.69, 9.17) is 9.47 Å². The molecule has 6 nitrogen and oxygen atoms in total. The largest absolute Gasteiger partial charge is 0.497 e. The van der Waals surface area contributed by atoms with Crippen molar-refractivity contribution in [1.82, 2.24) is 5.32 Å². The summed E-state index contributed by atoms with van der Waals surface area (Å²) in [6.07, 6.45) is 0. The molecule has 26 heavy (non-hydrogen) atoms. The maximum Gasteiger partial charge on any atom is 0.325 e. The summed E-state index contributed by atoms with van der Waals surface area (Å²) in [5.74, 6) is -0.854. The van der Waals surface area contributed by atoms with Crippen molar-refractivity contribution in [3.63, 3.8) is 0 Å². The van der Waals surface area contributed by atoms with Gasteiger partial charge in [0.1, 0.15) is 12.3 Å². The van der Waals surface area contributed by atoms with E-state index in [1.165, 1.54) is 7.11 Å². The molecule has 2 aromatic rings. The third kappa shape index (κ3) is 5.44. The van der Waals surface area contributed by atoms with Gasteiger partial charge in [-0.25, -0.2) is 0 Å². The summed E-state index contributed by atoms with van der Waals surface area (Å²) in [5.41, 5.74) is 2.78. The first-order chi connectivity index (χ1) is 12.4. The molecule has 136 valence electrons. The molecule has 1 N–H and O–H groups in total. The third-order valence-electron chi connectivity index (χ3n) is 3.63. The zero-order valence-corrected chi connectivity index (χ0v) is 15.0. The summed E-state index contributed by atoms with van der Waals surface area (Å²) in [6, 6.07) is 12.0. The fourth-order valence-corrected chi connectivity index (χ4v) is 2.44. The van der Waals surface area contributed by atoms with E-state index in [9.17, 15) is 14.4 Å². The number of carbonyl (C=O) groups excluding carboxylic acids is 3. The Kier molecular flexibility index (Phi) is 6.49. The van der Waals surface area contributed by atoms with Crippen molar-refractivity contribution >= 4 is 17.7 Å². The van der Waals surface area contributed by atoms with Crippen molar-refractivity contribution in [3.05, 3.63) is 64.7 Å². The summed E-state index contributed by atoms with van der Waals surface area (Å²) in [4.78, 5) is 35.9. The van der Waals surface area contributed by atoms with E-state index in [1.54, 1.807) is 36.4 Å². The molecule has 2 rings (SSSR count). The van der Waals surface area contributed by atoms with Crippen LogP contribution in [0.5, 0.6) is 5.75 Å². The molecule has 0 aliphatic heterocycles. The first-order valence-corrected chi connectivity index (χ1v) is 8.08. The Balaban J connectivity index is 1.83. The Morgan fingerprint density at radius 3 is 2.31 bits per heavy atom. The molecule has 0 saturated heterocycles. The molecule has 0 heterocycles. The maximum absolute atomic E-state index is 12.1. The van der Waals surface area contributed by atoms with E-state index in [2.05, 4.69) is 5.32 Å². The van der Waals surface area contributed by atoms with Gasteiger partial charge in [0, 0.05) is 11.1 Å². The number of hydrogen-bond acceptors (Lipinski definition) is 5. The lowest BCUT2D eigenvalue weighted by molar-refractivity contribution is -0.141. The van der Waals surface area contributed by atoms with Crippen LogP contribution in [0, 0.1) is 13.8 Å². The number of Topliss-reactive ketones (excluding diaryl/α,β-unsaturated/α-hetero) is 1. The minimum atomic E-state index is -0.682. The zero-order chi connectivity index (χ0) is 19.1. The van der Waals surface area contributed by atoms with Crippen LogP contribution in [0.1, 0.15) is 31.8 Å². The van der Waals surface area contributed by atoms with Crippen LogP contribution in [-0.2, 0) is 9.53 Å². The molecule has 0 fully saturated rings. The monoisotopic (exact) mass is 355 g/mol. The second-order valence-corrected chi connectivity index (χ2v) is 5.87. The normalized spacial score (nSPS) is 10.1. The summed E-state index contributed by atoms with van der Waals surface area (Å²) >= 11 is 0. The summed E-state index contributed by atoms with van der Waals surface area (Å²) in [7, 11) is 1.50. The van der Waals surface area contributed by atoms with Crippen LogP contribution in [-0.4, -0.2) is 37.9 Å². The molecule has 6 heteroatoms. The van der Waals surface area contributed by atoms with Crippen molar-refractivity contribution < 1.29 is 23.9 Å². The fraction of sp³-hybridized carbons (Fsp3) is 0.250. The number of benzene rings is 2. The second-order valence-electron chi connectivity index (χ2n) is 5.87. The van der Waals surface area contributed by atoms with E-state index < -0.39 is 12.6 Å². The number of ether oxygens (including phenoxy) is 2. The molecular formula is C20H21NO5. The maximum atomic E-state index is 12.1. The van der Waals surface area contributed by atoms with Crippen LogP contribution in [0.2, 0.25) is 0 Å². The molecule has 1 amide bonds. The number of ketones is 1. The smallest absolute Gasteiger partial charge is 0.325 e. The molecule has 0 spiro atoms. The summed E-state index contributed by atoms with van der Waals surface area (Å²) < 4.78 is 9.97. The fourth-order valence-electron chi connectivity index (χ4n) is 2.44. The zero-order valence-electron chi connectivity index (χ0n) is 15.0. The lowest BCUT2D eigenvalue weighted by atomic mass is 10.1. The Hall–Kier alpha value is -3.15. The van der Waals surface area contributed by atoms with Crippen LogP contribution >= 0.6 is 0 Å². The van der Waals surface area contributed by atoms with Gasteiger partial charge < -0.3 is 14.8 Å². The highest BCUT2D eigenvalue weighted by Gasteiger charge is 2.13. The van der Waals surface area contributed by atoms with Gasteiger partial charge in [0.05, 0.1) is 7.11 Å². The number of hydrogen-bond donors (Lipinski definition) is 1.